The highest BCUT2D eigenvalue weighted by atomic mass is 32.2. The summed E-state index contributed by atoms with van der Waals surface area (Å²) in [5.41, 5.74) is 5.92. The van der Waals surface area contributed by atoms with Crippen LogP contribution in [0.1, 0.15) is 49.4 Å². The number of nitrogens with one attached hydrogen (secondary N) is 1. The summed E-state index contributed by atoms with van der Waals surface area (Å²) < 4.78 is 5.13. The Balaban J connectivity index is 1.98. The Labute approximate surface area is 151 Å². The minimum Gasteiger partial charge on any atom is -0.454 e. The van der Waals surface area contributed by atoms with Gasteiger partial charge in [0.05, 0.1) is 11.5 Å². The molecular weight excluding hydrogens is 340 g/mol. The van der Waals surface area contributed by atoms with Gasteiger partial charge in [0.25, 0.3) is 5.91 Å². The van der Waals surface area contributed by atoms with Crippen molar-refractivity contribution in [2.24, 2.45) is 11.7 Å². The fraction of sp³-hybridized carbons (Fsp3) is 0.500. The third kappa shape index (κ3) is 5.49. The first-order valence-corrected chi connectivity index (χ1v) is 9.49. The van der Waals surface area contributed by atoms with Gasteiger partial charge in [-0.25, -0.2) is 0 Å². The second-order valence-electron chi connectivity index (χ2n) is 6.04. The first-order valence-electron chi connectivity index (χ1n) is 8.50. The van der Waals surface area contributed by atoms with E-state index in [4.69, 9.17) is 10.5 Å². The quantitative estimate of drug-likeness (QED) is 0.419. The van der Waals surface area contributed by atoms with Crippen LogP contribution < -0.4 is 11.1 Å². The van der Waals surface area contributed by atoms with E-state index in [2.05, 4.69) is 5.32 Å². The maximum atomic E-state index is 12.6. The fourth-order valence-electron chi connectivity index (χ4n) is 2.93. The van der Waals surface area contributed by atoms with E-state index in [1.165, 1.54) is 11.8 Å². The molecule has 1 aliphatic rings. The van der Waals surface area contributed by atoms with Crippen LogP contribution in [0, 0.1) is 5.92 Å². The van der Waals surface area contributed by atoms with Gasteiger partial charge in [0.15, 0.2) is 0 Å². The molecule has 3 N–H and O–H groups in total. The maximum absolute atomic E-state index is 12.6. The van der Waals surface area contributed by atoms with Crippen molar-refractivity contribution in [3.05, 3.63) is 29.8 Å². The third-order valence-corrected chi connectivity index (χ3v) is 5.12. The zero-order valence-corrected chi connectivity index (χ0v) is 15.1. The topological polar surface area (TPSA) is 98.5 Å². The normalized spacial score (nSPS) is 19.4. The molecule has 0 radical (unpaired) electrons. The van der Waals surface area contributed by atoms with Gasteiger partial charge in [0, 0.05) is 17.4 Å². The van der Waals surface area contributed by atoms with Gasteiger partial charge < -0.3 is 15.8 Å². The van der Waals surface area contributed by atoms with Crippen molar-refractivity contribution < 1.29 is 19.1 Å². The van der Waals surface area contributed by atoms with Crippen LogP contribution in [0.5, 0.6) is 0 Å². The summed E-state index contributed by atoms with van der Waals surface area (Å²) in [5, 5.41) is 2.93. The smallest absolute Gasteiger partial charge is 0.306 e. The van der Waals surface area contributed by atoms with Crippen LogP contribution in [0.4, 0.5) is 0 Å². The molecule has 2 rings (SSSR count). The van der Waals surface area contributed by atoms with Gasteiger partial charge in [-0.3, -0.25) is 14.4 Å². The molecule has 1 aromatic rings. The van der Waals surface area contributed by atoms with E-state index in [1.807, 2.05) is 19.1 Å². The molecular formula is C18H24N2O4S. The number of primary amides is 1. The number of amides is 2. The van der Waals surface area contributed by atoms with E-state index in [0.29, 0.717) is 18.4 Å². The molecule has 136 valence electrons. The van der Waals surface area contributed by atoms with Gasteiger partial charge in [-0.15, -0.1) is 0 Å². The average Bonchev–Trinajstić information content (AvgIpc) is 3.04. The lowest BCUT2D eigenvalue weighted by Crippen LogP contribution is -2.42. The molecule has 6 nitrogen and oxygen atoms in total. The summed E-state index contributed by atoms with van der Waals surface area (Å²) in [4.78, 5) is 36.2. The third-order valence-electron chi connectivity index (χ3n) is 4.22. The van der Waals surface area contributed by atoms with Crippen molar-refractivity contribution in [3.63, 3.8) is 0 Å². The SMILES string of the molecule is CCCC(=O)OCSc1ccccc1C(=O)N[C@@H]1CCC[C@@H]1C(N)=O. The molecule has 1 aromatic carbocycles. The number of hydrogen-bond acceptors (Lipinski definition) is 5. The number of esters is 1. The Morgan fingerprint density at radius 3 is 2.76 bits per heavy atom. The number of hydrogen-bond donors (Lipinski definition) is 2. The minimum absolute atomic E-state index is 0.163. The molecule has 2 atom stereocenters. The van der Waals surface area contributed by atoms with E-state index < -0.39 is 0 Å². The molecule has 1 aliphatic carbocycles. The van der Waals surface area contributed by atoms with E-state index in [9.17, 15) is 14.4 Å². The van der Waals surface area contributed by atoms with Crippen LogP contribution in [0.3, 0.4) is 0 Å². The van der Waals surface area contributed by atoms with Crippen molar-refractivity contribution in [3.8, 4) is 0 Å². The van der Waals surface area contributed by atoms with Crippen LogP contribution in [-0.2, 0) is 14.3 Å². The molecule has 1 fully saturated rings. The lowest BCUT2D eigenvalue weighted by Gasteiger charge is -2.19. The first kappa shape index (κ1) is 19.3. The summed E-state index contributed by atoms with van der Waals surface area (Å²) in [5.74, 6) is -0.989. The molecule has 1 saturated carbocycles. The number of nitrogens with two attached hydrogens (primary N) is 1. The highest BCUT2D eigenvalue weighted by Crippen LogP contribution is 2.27. The van der Waals surface area contributed by atoms with Crippen LogP contribution >= 0.6 is 11.8 Å². The standard InChI is InChI=1S/C18H24N2O4S/c1-2-6-16(21)24-11-25-15-10-4-3-7-13(15)18(23)20-14-9-5-8-12(14)17(19)22/h3-4,7,10,12,14H,2,5-6,8-9,11H2,1H3,(H2,19,22)(H,20,23)/t12-,14+/m0/s1. The van der Waals surface area contributed by atoms with Crippen LogP contribution in [0.15, 0.2) is 29.2 Å². The average molecular weight is 364 g/mol. The molecule has 0 saturated heterocycles. The van der Waals surface area contributed by atoms with Gasteiger partial charge >= 0.3 is 5.97 Å². The Morgan fingerprint density at radius 1 is 1.28 bits per heavy atom. The van der Waals surface area contributed by atoms with E-state index in [1.54, 1.807) is 12.1 Å². The van der Waals surface area contributed by atoms with Gasteiger partial charge in [-0.05, 0) is 31.4 Å². The second-order valence-corrected chi connectivity index (χ2v) is 7.01. The monoisotopic (exact) mass is 364 g/mol. The predicted octanol–water partition coefficient (Wildman–Crippen LogP) is 2.46. The Hall–Kier alpha value is -2.02. The van der Waals surface area contributed by atoms with Crippen molar-refractivity contribution in [1.29, 1.82) is 0 Å². The number of ether oxygens (including phenoxy) is 1. The summed E-state index contributed by atoms with van der Waals surface area (Å²) in [6, 6.07) is 6.93. The van der Waals surface area contributed by atoms with Crippen LogP contribution in [-0.4, -0.2) is 29.8 Å². The molecule has 0 bridgehead atoms. The number of benzene rings is 1. The van der Waals surface area contributed by atoms with Gasteiger partial charge in [0.2, 0.25) is 5.91 Å². The molecule has 0 unspecified atom stereocenters. The van der Waals surface area contributed by atoms with Crippen molar-refractivity contribution >= 4 is 29.5 Å². The van der Waals surface area contributed by atoms with Crippen molar-refractivity contribution in [1.82, 2.24) is 5.32 Å². The van der Waals surface area contributed by atoms with E-state index in [-0.39, 0.29) is 35.7 Å². The van der Waals surface area contributed by atoms with E-state index >= 15 is 0 Å². The summed E-state index contributed by atoms with van der Waals surface area (Å²) >= 11 is 1.30. The Kier molecular flexibility index (Phi) is 7.31. The molecule has 2 amide bonds. The number of thioether (sulfide) groups is 1. The zero-order valence-electron chi connectivity index (χ0n) is 14.3. The van der Waals surface area contributed by atoms with Crippen LogP contribution in [0.25, 0.3) is 0 Å². The van der Waals surface area contributed by atoms with Crippen molar-refractivity contribution in [2.45, 2.75) is 50.0 Å². The molecule has 0 aliphatic heterocycles. The molecule has 0 spiro atoms. The molecule has 7 heteroatoms. The van der Waals surface area contributed by atoms with Crippen LogP contribution in [0.2, 0.25) is 0 Å². The highest BCUT2D eigenvalue weighted by Gasteiger charge is 2.33. The summed E-state index contributed by atoms with van der Waals surface area (Å²) in [6.45, 7) is 1.91. The highest BCUT2D eigenvalue weighted by molar-refractivity contribution is 7.99. The summed E-state index contributed by atoms with van der Waals surface area (Å²) in [7, 11) is 0. The van der Waals surface area contributed by atoms with Crippen molar-refractivity contribution in [2.75, 3.05) is 5.94 Å². The largest absolute Gasteiger partial charge is 0.454 e. The predicted molar refractivity (Wildman–Crippen MR) is 96.0 cm³/mol. The molecule has 0 aromatic heterocycles. The number of carbonyl (C=O) groups excluding carboxylic acids is 3. The Morgan fingerprint density at radius 2 is 2.04 bits per heavy atom. The zero-order chi connectivity index (χ0) is 18.2. The maximum Gasteiger partial charge on any atom is 0.306 e. The van der Waals surface area contributed by atoms with Gasteiger partial charge in [-0.1, -0.05) is 37.2 Å². The molecule has 0 heterocycles. The molecule has 25 heavy (non-hydrogen) atoms. The fourth-order valence-corrected chi connectivity index (χ4v) is 3.74. The van der Waals surface area contributed by atoms with Gasteiger partial charge in [-0.2, -0.15) is 0 Å². The number of carbonyl (C=O) groups is 3. The lowest BCUT2D eigenvalue weighted by atomic mass is 10.0. The summed E-state index contributed by atoms with van der Waals surface area (Å²) in [6.07, 6.45) is 3.47. The van der Waals surface area contributed by atoms with Gasteiger partial charge in [0.1, 0.15) is 5.94 Å². The second kappa shape index (κ2) is 9.46. The Bertz CT molecular complexity index is 635. The minimum atomic E-state index is -0.367. The van der Waals surface area contributed by atoms with E-state index in [0.717, 1.165) is 24.2 Å². The lowest BCUT2D eigenvalue weighted by molar-refractivity contribution is -0.141. The number of rotatable bonds is 8. The first-order chi connectivity index (χ1) is 12.0.